The van der Waals surface area contributed by atoms with Crippen molar-refractivity contribution in [1.29, 1.82) is 0 Å². The molecule has 0 saturated carbocycles. The molecule has 2 amide bonds. The van der Waals surface area contributed by atoms with E-state index in [4.69, 9.17) is 4.74 Å². The van der Waals surface area contributed by atoms with Crippen molar-refractivity contribution in [3.8, 4) is 0 Å². The average molecular weight is 491 g/mol. The summed E-state index contributed by atoms with van der Waals surface area (Å²) < 4.78 is 6.30. The third-order valence-corrected chi connectivity index (χ3v) is 7.83. The van der Waals surface area contributed by atoms with Crippen LogP contribution in [0.1, 0.15) is 30.0 Å². The molecule has 0 unspecified atom stereocenters. The van der Waals surface area contributed by atoms with Gasteiger partial charge in [0.25, 0.3) is 0 Å². The Bertz CT molecular complexity index is 1160. The molecule has 6 atom stereocenters. The lowest BCUT2D eigenvalue weighted by Gasteiger charge is -2.39. The van der Waals surface area contributed by atoms with E-state index in [-0.39, 0.29) is 12.5 Å². The first-order chi connectivity index (χ1) is 17.4. The standard InChI is InChI=1S/C28H30N2O6/c1-2-15-29(16-18-9-5-3-6-10-18)26(33)24-28-14-13-21(36-28)22(27(34)35)23(28)25(32)30(24)20(17-31)19-11-7-4-8-12-19/h2-12,20-24,31H,1,13-17H2,(H,34,35)/t20-,21+,22-,23-,24+,28-/m1/s1. The number of hydrogen-bond acceptors (Lipinski definition) is 5. The largest absolute Gasteiger partial charge is 0.481 e. The van der Waals surface area contributed by atoms with Gasteiger partial charge >= 0.3 is 5.97 Å². The number of ether oxygens (including phenoxy) is 1. The number of carboxylic acid groups (broad SMARTS) is 1. The number of likely N-dealkylation sites (tertiary alicyclic amines) is 1. The zero-order chi connectivity index (χ0) is 25.4. The van der Waals surface area contributed by atoms with E-state index >= 15 is 0 Å². The molecular formula is C28H30N2O6. The van der Waals surface area contributed by atoms with Gasteiger partial charge in [-0.05, 0) is 24.0 Å². The van der Waals surface area contributed by atoms with Gasteiger partial charge in [-0.1, -0.05) is 66.7 Å². The van der Waals surface area contributed by atoms with Crippen molar-refractivity contribution < 1.29 is 29.3 Å². The molecule has 2 aromatic rings. The molecule has 2 N–H and O–H groups in total. The van der Waals surface area contributed by atoms with E-state index in [0.29, 0.717) is 24.9 Å². The zero-order valence-corrected chi connectivity index (χ0v) is 19.9. The van der Waals surface area contributed by atoms with Crippen LogP contribution in [-0.4, -0.2) is 68.7 Å². The van der Waals surface area contributed by atoms with Crippen molar-refractivity contribution in [3.63, 3.8) is 0 Å². The summed E-state index contributed by atoms with van der Waals surface area (Å²) in [5.74, 6) is -3.90. The van der Waals surface area contributed by atoms with Crippen LogP contribution in [-0.2, 0) is 25.7 Å². The highest BCUT2D eigenvalue weighted by Crippen LogP contribution is 2.59. The first-order valence-electron chi connectivity index (χ1n) is 12.2. The molecule has 3 fully saturated rings. The van der Waals surface area contributed by atoms with Gasteiger partial charge in [0.05, 0.1) is 30.6 Å². The number of nitrogens with zero attached hydrogens (tertiary/aromatic N) is 2. The molecule has 5 rings (SSSR count). The summed E-state index contributed by atoms with van der Waals surface area (Å²) >= 11 is 0. The van der Waals surface area contributed by atoms with Gasteiger partial charge in [0.15, 0.2) is 0 Å². The van der Waals surface area contributed by atoms with Crippen molar-refractivity contribution in [2.75, 3.05) is 13.2 Å². The lowest BCUT2D eigenvalue weighted by atomic mass is 9.70. The summed E-state index contributed by atoms with van der Waals surface area (Å²) in [6, 6.07) is 16.7. The Morgan fingerprint density at radius 3 is 2.44 bits per heavy atom. The smallest absolute Gasteiger partial charge is 0.310 e. The van der Waals surface area contributed by atoms with Crippen LogP contribution in [0, 0.1) is 11.8 Å². The molecule has 0 aromatic heterocycles. The maximum atomic E-state index is 14.3. The molecule has 0 radical (unpaired) electrons. The number of carbonyl (C=O) groups excluding carboxylic acids is 2. The quantitative estimate of drug-likeness (QED) is 0.523. The van der Waals surface area contributed by atoms with Gasteiger partial charge < -0.3 is 24.7 Å². The summed E-state index contributed by atoms with van der Waals surface area (Å²) in [7, 11) is 0. The topological polar surface area (TPSA) is 107 Å². The van der Waals surface area contributed by atoms with Crippen molar-refractivity contribution in [2.45, 2.75) is 43.2 Å². The van der Waals surface area contributed by atoms with E-state index in [0.717, 1.165) is 5.56 Å². The number of carboxylic acids is 1. The summed E-state index contributed by atoms with van der Waals surface area (Å²) in [4.78, 5) is 43.6. The molecule has 188 valence electrons. The number of aliphatic hydroxyl groups is 1. The summed E-state index contributed by atoms with van der Waals surface area (Å²) in [6.07, 6.45) is 1.89. The highest BCUT2D eigenvalue weighted by molar-refractivity contribution is 5.98. The van der Waals surface area contributed by atoms with Crippen LogP contribution in [0.4, 0.5) is 0 Å². The van der Waals surface area contributed by atoms with E-state index in [9.17, 15) is 24.6 Å². The minimum absolute atomic E-state index is 0.244. The van der Waals surface area contributed by atoms with Crippen molar-refractivity contribution in [3.05, 3.63) is 84.4 Å². The highest BCUT2D eigenvalue weighted by Gasteiger charge is 2.75. The average Bonchev–Trinajstić information content (AvgIpc) is 3.53. The zero-order valence-electron chi connectivity index (χ0n) is 19.9. The van der Waals surface area contributed by atoms with E-state index in [2.05, 4.69) is 6.58 Å². The predicted molar refractivity (Wildman–Crippen MR) is 130 cm³/mol. The van der Waals surface area contributed by atoms with Gasteiger partial charge in [0.2, 0.25) is 11.8 Å². The van der Waals surface area contributed by atoms with E-state index in [1.807, 2.05) is 36.4 Å². The number of rotatable bonds is 9. The molecule has 3 heterocycles. The first-order valence-corrected chi connectivity index (χ1v) is 12.2. The second kappa shape index (κ2) is 9.52. The normalized spacial score (nSPS) is 29.1. The molecule has 2 aromatic carbocycles. The Balaban J connectivity index is 1.60. The number of aliphatic carboxylic acids is 1. The fourth-order valence-corrected chi connectivity index (χ4v) is 6.38. The van der Waals surface area contributed by atoms with Gasteiger partial charge in [0.1, 0.15) is 11.6 Å². The Morgan fingerprint density at radius 2 is 1.83 bits per heavy atom. The number of aliphatic hydroxyl groups excluding tert-OH is 1. The molecule has 3 aliphatic heterocycles. The molecule has 8 nitrogen and oxygen atoms in total. The Kier molecular flexibility index (Phi) is 6.40. The van der Waals surface area contributed by atoms with Crippen molar-refractivity contribution in [2.24, 2.45) is 11.8 Å². The molecule has 8 heteroatoms. The maximum Gasteiger partial charge on any atom is 0.310 e. The van der Waals surface area contributed by atoms with Gasteiger partial charge in [-0.2, -0.15) is 0 Å². The third-order valence-electron chi connectivity index (χ3n) is 7.83. The minimum Gasteiger partial charge on any atom is -0.481 e. The van der Waals surface area contributed by atoms with Crippen LogP contribution in [0.5, 0.6) is 0 Å². The molecule has 0 aliphatic carbocycles. The number of hydrogen-bond donors (Lipinski definition) is 2. The number of amides is 2. The Morgan fingerprint density at radius 1 is 1.17 bits per heavy atom. The molecular weight excluding hydrogens is 460 g/mol. The van der Waals surface area contributed by atoms with Crippen molar-refractivity contribution >= 4 is 17.8 Å². The van der Waals surface area contributed by atoms with Gasteiger partial charge in [-0.3, -0.25) is 14.4 Å². The van der Waals surface area contributed by atoms with Gasteiger partial charge in [-0.25, -0.2) is 0 Å². The fraction of sp³-hybridized carbons (Fsp3) is 0.393. The Hall–Kier alpha value is -3.49. The summed E-state index contributed by atoms with van der Waals surface area (Å²) in [5.41, 5.74) is 0.335. The van der Waals surface area contributed by atoms with E-state index < -0.39 is 54.1 Å². The third kappa shape index (κ3) is 3.72. The maximum absolute atomic E-state index is 14.3. The lowest BCUT2D eigenvalue weighted by Crippen LogP contribution is -2.57. The van der Waals surface area contributed by atoms with Crippen LogP contribution in [0.25, 0.3) is 0 Å². The van der Waals surface area contributed by atoms with Crippen LogP contribution in [0.3, 0.4) is 0 Å². The predicted octanol–water partition coefficient (Wildman–Crippen LogP) is 2.39. The second-order valence-electron chi connectivity index (χ2n) is 9.74. The van der Waals surface area contributed by atoms with Crippen LogP contribution >= 0.6 is 0 Å². The summed E-state index contributed by atoms with van der Waals surface area (Å²) in [6.45, 7) is 3.94. The molecule has 3 aliphatic rings. The molecule has 3 saturated heterocycles. The Labute approximate surface area is 209 Å². The minimum atomic E-state index is -1.25. The van der Waals surface area contributed by atoms with Gasteiger partial charge in [0, 0.05) is 13.1 Å². The number of carbonyl (C=O) groups is 3. The SMILES string of the molecule is C=CCN(Cc1ccccc1)C(=O)[C@@H]1N([C@H](CO)c2ccccc2)C(=O)[C@H]2[C@H](C(=O)O)[C@@H]3CC[C@]12O3. The van der Waals surface area contributed by atoms with Crippen molar-refractivity contribution in [1.82, 2.24) is 9.80 Å². The fourth-order valence-electron chi connectivity index (χ4n) is 6.38. The lowest BCUT2D eigenvalue weighted by molar-refractivity contribution is -0.153. The summed E-state index contributed by atoms with van der Waals surface area (Å²) in [5, 5.41) is 20.4. The monoisotopic (exact) mass is 490 g/mol. The van der Waals surface area contributed by atoms with E-state index in [1.165, 1.54) is 4.90 Å². The van der Waals surface area contributed by atoms with Crippen LogP contribution in [0.2, 0.25) is 0 Å². The molecule has 1 spiro atoms. The van der Waals surface area contributed by atoms with Crippen LogP contribution in [0.15, 0.2) is 73.3 Å². The molecule has 36 heavy (non-hydrogen) atoms. The van der Waals surface area contributed by atoms with E-state index in [1.54, 1.807) is 35.2 Å². The highest BCUT2D eigenvalue weighted by atomic mass is 16.5. The van der Waals surface area contributed by atoms with Gasteiger partial charge in [-0.15, -0.1) is 6.58 Å². The number of benzene rings is 2. The second-order valence-corrected chi connectivity index (χ2v) is 9.74. The number of fused-ring (bicyclic) bond motifs is 1. The first kappa shape index (κ1) is 24.2. The molecule has 2 bridgehead atoms. The van der Waals surface area contributed by atoms with Crippen LogP contribution < -0.4 is 0 Å².